The lowest BCUT2D eigenvalue weighted by Gasteiger charge is -2.23. The normalized spacial score (nSPS) is 12.9. The minimum Gasteiger partial charge on any atom is -0.444 e. The van der Waals surface area contributed by atoms with E-state index >= 15 is 0 Å². The van der Waals surface area contributed by atoms with Gasteiger partial charge in [-0.1, -0.05) is 20.8 Å². The molecule has 1 atom stereocenters. The topological polar surface area (TPSA) is 50.4 Å². The van der Waals surface area contributed by atoms with Crippen LogP contribution in [0.1, 0.15) is 48.0 Å². The van der Waals surface area contributed by atoms with Crippen molar-refractivity contribution in [1.29, 1.82) is 0 Å². The molecule has 1 aromatic carbocycles. The van der Waals surface area contributed by atoms with Crippen molar-refractivity contribution in [2.75, 3.05) is 10.6 Å². The van der Waals surface area contributed by atoms with Gasteiger partial charge in [-0.25, -0.2) is 9.18 Å². The summed E-state index contributed by atoms with van der Waals surface area (Å²) in [6, 6.07) is 4.88. The molecule has 4 nitrogen and oxygen atoms in total. The van der Waals surface area contributed by atoms with Gasteiger partial charge in [-0.2, -0.15) is 0 Å². The van der Waals surface area contributed by atoms with Crippen molar-refractivity contribution >= 4 is 17.5 Å². The summed E-state index contributed by atoms with van der Waals surface area (Å²) in [6.45, 7) is 11.6. The Morgan fingerprint density at radius 3 is 2.45 bits per heavy atom. The lowest BCUT2D eigenvalue weighted by molar-refractivity contribution is 0.0635. The Labute approximate surface area is 132 Å². The molecule has 22 heavy (non-hydrogen) atoms. The smallest absolute Gasteiger partial charge is 0.412 e. The predicted octanol–water partition coefficient (Wildman–Crippen LogP) is 5.02. The molecule has 0 heterocycles. The molecular weight excluding hydrogens is 283 g/mol. The van der Waals surface area contributed by atoms with E-state index in [0.717, 1.165) is 12.1 Å². The molecule has 0 aromatic heterocycles. The first-order chi connectivity index (χ1) is 10.1. The van der Waals surface area contributed by atoms with Crippen molar-refractivity contribution in [2.45, 2.75) is 59.6 Å². The van der Waals surface area contributed by atoms with Crippen molar-refractivity contribution in [3.8, 4) is 0 Å². The zero-order valence-electron chi connectivity index (χ0n) is 14.3. The highest BCUT2D eigenvalue weighted by Crippen LogP contribution is 2.23. The Bertz CT molecular complexity index is 510. The van der Waals surface area contributed by atoms with Gasteiger partial charge in [-0.15, -0.1) is 0 Å². The number of hydrogen-bond acceptors (Lipinski definition) is 3. The molecule has 124 valence electrons. The molecule has 0 aliphatic heterocycles. The van der Waals surface area contributed by atoms with E-state index in [9.17, 15) is 9.18 Å². The average Bonchev–Trinajstić information content (AvgIpc) is 2.36. The number of amides is 1. The number of nitrogens with one attached hydrogen (secondary N) is 2. The van der Waals surface area contributed by atoms with Gasteiger partial charge in [0.1, 0.15) is 11.4 Å². The van der Waals surface area contributed by atoms with Gasteiger partial charge in [0, 0.05) is 11.7 Å². The minimum atomic E-state index is -0.667. The van der Waals surface area contributed by atoms with Gasteiger partial charge >= 0.3 is 6.09 Å². The van der Waals surface area contributed by atoms with Crippen LogP contribution < -0.4 is 10.6 Å². The first-order valence-electron chi connectivity index (χ1n) is 7.68. The second kappa shape index (κ2) is 7.47. The van der Waals surface area contributed by atoms with Crippen LogP contribution in [0.2, 0.25) is 0 Å². The van der Waals surface area contributed by atoms with E-state index in [0.29, 0.717) is 12.0 Å². The number of benzene rings is 1. The van der Waals surface area contributed by atoms with Gasteiger partial charge in [0.2, 0.25) is 0 Å². The van der Waals surface area contributed by atoms with E-state index in [1.165, 1.54) is 6.07 Å². The van der Waals surface area contributed by atoms with Crippen LogP contribution in [0.15, 0.2) is 18.2 Å². The Hall–Kier alpha value is -1.78. The monoisotopic (exact) mass is 310 g/mol. The predicted molar refractivity (Wildman–Crippen MR) is 88.8 cm³/mol. The Kier molecular flexibility index (Phi) is 6.21. The van der Waals surface area contributed by atoms with E-state index in [1.807, 2.05) is 0 Å². The number of ether oxygens (including phenoxy) is 1. The quantitative estimate of drug-likeness (QED) is 0.803. The van der Waals surface area contributed by atoms with Gasteiger partial charge in [-0.05, 0) is 51.3 Å². The van der Waals surface area contributed by atoms with Crippen LogP contribution in [0.4, 0.5) is 20.6 Å². The third kappa shape index (κ3) is 5.92. The Balaban J connectivity index is 2.84. The molecule has 0 aliphatic carbocycles. The van der Waals surface area contributed by atoms with Crippen LogP contribution in [0, 0.1) is 11.7 Å². The maximum Gasteiger partial charge on any atom is 0.412 e. The van der Waals surface area contributed by atoms with Gasteiger partial charge in [0.25, 0.3) is 0 Å². The molecule has 1 amide bonds. The van der Waals surface area contributed by atoms with Crippen molar-refractivity contribution < 1.29 is 13.9 Å². The lowest BCUT2D eigenvalue weighted by atomic mass is 10.0. The van der Waals surface area contributed by atoms with Crippen LogP contribution in [0.5, 0.6) is 0 Å². The molecule has 2 N–H and O–H groups in total. The highest BCUT2D eigenvalue weighted by atomic mass is 19.1. The van der Waals surface area contributed by atoms with Crippen LogP contribution >= 0.6 is 0 Å². The molecule has 0 saturated carbocycles. The van der Waals surface area contributed by atoms with Crippen molar-refractivity contribution in [2.24, 2.45) is 5.92 Å². The summed E-state index contributed by atoms with van der Waals surface area (Å²) in [5.74, 6) is -0.0358. The fourth-order valence-electron chi connectivity index (χ4n) is 2.08. The van der Waals surface area contributed by atoms with Crippen molar-refractivity contribution in [3.63, 3.8) is 0 Å². The molecule has 0 saturated heterocycles. The molecule has 0 aliphatic rings. The molecular formula is C17H27FN2O2. The number of carbonyl (C=O) groups is 1. The summed E-state index contributed by atoms with van der Waals surface area (Å²) in [4.78, 5) is 11.8. The highest BCUT2D eigenvalue weighted by molar-refractivity contribution is 5.85. The third-order valence-electron chi connectivity index (χ3n) is 3.20. The van der Waals surface area contributed by atoms with Gasteiger partial charge in [0.05, 0.1) is 5.69 Å². The number of anilines is 2. The van der Waals surface area contributed by atoms with E-state index in [-0.39, 0.29) is 5.69 Å². The fourth-order valence-corrected chi connectivity index (χ4v) is 2.08. The molecule has 0 bridgehead atoms. The van der Waals surface area contributed by atoms with E-state index in [1.54, 1.807) is 32.9 Å². The maximum absolute atomic E-state index is 13.8. The molecule has 0 radical (unpaired) electrons. The summed E-state index contributed by atoms with van der Waals surface area (Å²) < 4.78 is 19.0. The number of halogens is 1. The minimum absolute atomic E-state index is 0.109. The van der Waals surface area contributed by atoms with Gasteiger partial charge < -0.3 is 10.1 Å². The lowest BCUT2D eigenvalue weighted by Crippen LogP contribution is -2.27. The van der Waals surface area contributed by atoms with Crippen LogP contribution in [-0.4, -0.2) is 17.7 Å². The fraction of sp³-hybridized carbons (Fsp3) is 0.588. The average molecular weight is 310 g/mol. The zero-order chi connectivity index (χ0) is 16.9. The Morgan fingerprint density at radius 2 is 1.95 bits per heavy atom. The summed E-state index contributed by atoms with van der Waals surface area (Å²) in [6.07, 6.45) is 0.295. The number of carbonyl (C=O) groups excluding carboxylic acids is 1. The summed E-state index contributed by atoms with van der Waals surface area (Å²) in [7, 11) is 0. The second-order valence-corrected chi connectivity index (χ2v) is 6.72. The van der Waals surface area contributed by atoms with Gasteiger partial charge in [-0.3, -0.25) is 5.32 Å². The summed E-state index contributed by atoms with van der Waals surface area (Å²) in [5, 5.41) is 5.81. The van der Waals surface area contributed by atoms with Crippen molar-refractivity contribution in [1.82, 2.24) is 0 Å². The first-order valence-corrected chi connectivity index (χ1v) is 7.68. The largest absolute Gasteiger partial charge is 0.444 e. The number of rotatable bonds is 5. The van der Waals surface area contributed by atoms with E-state index in [2.05, 4.69) is 31.4 Å². The summed E-state index contributed by atoms with van der Waals surface area (Å²) >= 11 is 0. The molecule has 1 unspecified atom stereocenters. The maximum atomic E-state index is 13.8. The molecule has 0 spiro atoms. The van der Waals surface area contributed by atoms with Crippen LogP contribution in [-0.2, 0) is 4.74 Å². The molecule has 5 heteroatoms. The van der Waals surface area contributed by atoms with Crippen LogP contribution in [0.25, 0.3) is 0 Å². The van der Waals surface area contributed by atoms with Crippen LogP contribution in [0.3, 0.4) is 0 Å². The molecule has 1 aromatic rings. The van der Waals surface area contributed by atoms with Gasteiger partial charge in [0.15, 0.2) is 0 Å². The second-order valence-electron chi connectivity index (χ2n) is 6.72. The summed E-state index contributed by atoms with van der Waals surface area (Å²) in [5.41, 5.74) is 0.257. The van der Waals surface area contributed by atoms with E-state index < -0.39 is 17.5 Å². The van der Waals surface area contributed by atoms with Crippen molar-refractivity contribution in [3.05, 3.63) is 24.0 Å². The Morgan fingerprint density at radius 1 is 1.32 bits per heavy atom. The molecule has 0 fully saturated rings. The molecule has 1 rings (SSSR count). The number of hydrogen-bond donors (Lipinski definition) is 2. The highest BCUT2D eigenvalue weighted by Gasteiger charge is 2.18. The van der Waals surface area contributed by atoms with E-state index in [4.69, 9.17) is 4.74 Å². The third-order valence-corrected chi connectivity index (χ3v) is 3.20. The standard InChI is InChI=1S/C17H27FN2O2/c1-7-14(11(2)3)19-12-8-9-13(18)15(10-12)20-16(21)22-17(4,5)6/h8-11,14,19H,7H2,1-6H3,(H,20,21). The SMILES string of the molecule is CCC(Nc1ccc(F)c(NC(=O)OC(C)(C)C)c1)C(C)C. The zero-order valence-corrected chi connectivity index (χ0v) is 14.3. The first kappa shape index (κ1) is 18.3.